The molecule has 4 heteroatoms. The molecule has 1 N–H and O–H groups in total. The Morgan fingerprint density at radius 3 is 2.48 bits per heavy atom. The van der Waals surface area contributed by atoms with E-state index in [1.807, 2.05) is 43.3 Å². The highest BCUT2D eigenvalue weighted by molar-refractivity contribution is 6.31. The first-order valence-electron chi connectivity index (χ1n) is 7.78. The fourth-order valence-corrected chi connectivity index (χ4v) is 3.26. The van der Waals surface area contributed by atoms with Gasteiger partial charge in [-0.15, -0.1) is 0 Å². The van der Waals surface area contributed by atoms with Gasteiger partial charge in [-0.2, -0.15) is 0 Å². The molecule has 0 radical (unpaired) electrons. The fourth-order valence-electron chi connectivity index (χ4n) is 3.11. The molecule has 120 valence electrons. The summed E-state index contributed by atoms with van der Waals surface area (Å²) in [6.45, 7) is 1.91. The van der Waals surface area contributed by atoms with Crippen LogP contribution in [0.4, 0.5) is 5.69 Å². The van der Waals surface area contributed by atoms with Crippen LogP contribution in [0.15, 0.2) is 42.5 Å². The van der Waals surface area contributed by atoms with E-state index in [0.29, 0.717) is 16.5 Å². The number of ether oxygens (including phenoxy) is 1. The number of amides is 1. The third-order valence-electron chi connectivity index (χ3n) is 4.70. The highest BCUT2D eigenvalue weighted by atomic mass is 35.5. The van der Waals surface area contributed by atoms with E-state index in [-0.39, 0.29) is 5.91 Å². The number of anilines is 1. The molecule has 0 spiro atoms. The molecule has 0 saturated heterocycles. The van der Waals surface area contributed by atoms with Gasteiger partial charge in [0.05, 0.1) is 18.2 Å². The number of carbonyl (C=O) groups excluding carboxylic acids is 1. The second-order valence-electron chi connectivity index (χ2n) is 6.06. The maximum Gasteiger partial charge on any atom is 0.235 e. The maximum absolute atomic E-state index is 13.0. The van der Waals surface area contributed by atoms with Gasteiger partial charge in [0.15, 0.2) is 0 Å². The monoisotopic (exact) mass is 329 g/mol. The highest BCUT2D eigenvalue weighted by Gasteiger charge is 2.45. The molecule has 1 aliphatic carbocycles. The highest BCUT2D eigenvalue weighted by Crippen LogP contribution is 2.45. The molecular weight excluding hydrogens is 310 g/mol. The van der Waals surface area contributed by atoms with Crippen molar-refractivity contribution in [2.75, 3.05) is 12.4 Å². The Kier molecular flexibility index (Phi) is 4.31. The summed E-state index contributed by atoms with van der Waals surface area (Å²) in [6, 6.07) is 13.6. The number of benzene rings is 2. The first kappa shape index (κ1) is 15.9. The minimum Gasteiger partial charge on any atom is -0.495 e. The van der Waals surface area contributed by atoms with Gasteiger partial charge < -0.3 is 10.1 Å². The van der Waals surface area contributed by atoms with Gasteiger partial charge in [-0.25, -0.2) is 0 Å². The number of aryl methyl sites for hydroxylation is 1. The SMILES string of the molecule is COc1cc(Cl)c(C)cc1NC(=O)C1(c2ccccc2)CCC1. The van der Waals surface area contributed by atoms with E-state index in [1.165, 1.54) is 0 Å². The van der Waals surface area contributed by atoms with Crippen LogP contribution >= 0.6 is 11.6 Å². The molecule has 0 aromatic heterocycles. The van der Waals surface area contributed by atoms with E-state index < -0.39 is 5.41 Å². The Morgan fingerprint density at radius 2 is 1.91 bits per heavy atom. The predicted octanol–water partition coefficient (Wildman–Crippen LogP) is 4.72. The average Bonchev–Trinajstić information content (AvgIpc) is 2.50. The first-order chi connectivity index (χ1) is 11.1. The van der Waals surface area contributed by atoms with Gasteiger partial charge in [0.2, 0.25) is 5.91 Å². The zero-order valence-corrected chi connectivity index (χ0v) is 14.1. The van der Waals surface area contributed by atoms with Crippen molar-refractivity contribution in [1.82, 2.24) is 0 Å². The molecule has 3 rings (SSSR count). The Labute approximate surface area is 141 Å². The zero-order chi connectivity index (χ0) is 16.4. The number of hydrogen-bond donors (Lipinski definition) is 1. The first-order valence-corrected chi connectivity index (χ1v) is 8.16. The molecule has 1 amide bonds. The number of carbonyl (C=O) groups is 1. The van der Waals surface area contributed by atoms with Crippen LogP contribution in [0.25, 0.3) is 0 Å². The number of nitrogens with one attached hydrogen (secondary N) is 1. The average molecular weight is 330 g/mol. The van der Waals surface area contributed by atoms with Crippen molar-refractivity contribution >= 4 is 23.2 Å². The van der Waals surface area contributed by atoms with E-state index in [2.05, 4.69) is 5.32 Å². The summed E-state index contributed by atoms with van der Waals surface area (Å²) in [5.41, 5.74) is 2.22. The lowest BCUT2D eigenvalue weighted by Gasteiger charge is -2.40. The second kappa shape index (κ2) is 6.25. The summed E-state index contributed by atoms with van der Waals surface area (Å²) in [5.74, 6) is 0.603. The molecule has 23 heavy (non-hydrogen) atoms. The number of hydrogen-bond acceptors (Lipinski definition) is 2. The molecule has 3 nitrogen and oxygen atoms in total. The quantitative estimate of drug-likeness (QED) is 0.881. The van der Waals surface area contributed by atoms with Gasteiger partial charge in [0, 0.05) is 11.1 Å². The Hall–Kier alpha value is -2.00. The van der Waals surface area contributed by atoms with E-state index in [1.54, 1.807) is 13.2 Å². The molecule has 0 atom stereocenters. The number of methoxy groups -OCH3 is 1. The lowest BCUT2D eigenvalue weighted by molar-refractivity contribution is -0.124. The minimum absolute atomic E-state index is 0.0231. The van der Waals surface area contributed by atoms with Crippen molar-refractivity contribution in [3.63, 3.8) is 0 Å². The zero-order valence-electron chi connectivity index (χ0n) is 13.4. The third-order valence-corrected chi connectivity index (χ3v) is 5.10. The Balaban J connectivity index is 1.91. The molecule has 0 heterocycles. The summed E-state index contributed by atoms with van der Waals surface area (Å²) in [7, 11) is 1.58. The van der Waals surface area contributed by atoms with Crippen LogP contribution in [0.3, 0.4) is 0 Å². The van der Waals surface area contributed by atoms with Crippen LogP contribution < -0.4 is 10.1 Å². The topological polar surface area (TPSA) is 38.3 Å². The fraction of sp³-hybridized carbons (Fsp3) is 0.316. The molecule has 1 aliphatic rings. The van der Waals surface area contributed by atoms with Crippen LogP contribution in [-0.4, -0.2) is 13.0 Å². The molecule has 2 aromatic rings. The van der Waals surface area contributed by atoms with Crippen LogP contribution in [0.2, 0.25) is 5.02 Å². The molecular formula is C19H20ClNO2. The van der Waals surface area contributed by atoms with Gasteiger partial charge in [-0.05, 0) is 37.0 Å². The molecule has 1 fully saturated rings. The molecule has 2 aromatic carbocycles. The Bertz CT molecular complexity index is 724. The smallest absolute Gasteiger partial charge is 0.235 e. The maximum atomic E-state index is 13.0. The Morgan fingerprint density at radius 1 is 1.22 bits per heavy atom. The number of halogens is 1. The molecule has 0 bridgehead atoms. The van der Waals surface area contributed by atoms with Gasteiger partial charge in [-0.3, -0.25) is 4.79 Å². The van der Waals surface area contributed by atoms with E-state index in [9.17, 15) is 4.79 Å². The standard InChI is InChI=1S/C19H20ClNO2/c1-13-11-16(17(23-2)12-15(13)20)21-18(22)19(9-6-10-19)14-7-4-3-5-8-14/h3-5,7-8,11-12H,6,9-10H2,1-2H3,(H,21,22). The largest absolute Gasteiger partial charge is 0.495 e. The third kappa shape index (κ3) is 2.81. The lowest BCUT2D eigenvalue weighted by atomic mass is 9.64. The van der Waals surface area contributed by atoms with E-state index in [0.717, 1.165) is 30.4 Å². The normalized spacial score (nSPS) is 15.6. The van der Waals surface area contributed by atoms with Gasteiger partial charge in [0.25, 0.3) is 0 Å². The van der Waals surface area contributed by atoms with Crippen LogP contribution in [0, 0.1) is 6.92 Å². The summed E-state index contributed by atoms with van der Waals surface area (Å²) in [6.07, 6.45) is 2.81. The van der Waals surface area contributed by atoms with Crippen molar-refractivity contribution in [3.05, 3.63) is 58.6 Å². The minimum atomic E-state index is -0.431. The van der Waals surface area contributed by atoms with Gasteiger partial charge in [-0.1, -0.05) is 48.4 Å². The molecule has 1 saturated carbocycles. The summed E-state index contributed by atoms with van der Waals surface area (Å²) in [5, 5.41) is 3.67. The summed E-state index contributed by atoms with van der Waals surface area (Å²) in [4.78, 5) is 13.0. The van der Waals surface area contributed by atoms with Gasteiger partial charge in [0.1, 0.15) is 5.75 Å². The second-order valence-corrected chi connectivity index (χ2v) is 6.46. The molecule has 0 unspecified atom stereocenters. The van der Waals surface area contributed by atoms with Crippen LogP contribution in [-0.2, 0) is 10.2 Å². The van der Waals surface area contributed by atoms with Crippen molar-refractivity contribution in [2.45, 2.75) is 31.6 Å². The van der Waals surface area contributed by atoms with Crippen molar-refractivity contribution in [3.8, 4) is 5.75 Å². The van der Waals surface area contributed by atoms with Crippen molar-refractivity contribution < 1.29 is 9.53 Å². The van der Waals surface area contributed by atoms with E-state index in [4.69, 9.17) is 16.3 Å². The van der Waals surface area contributed by atoms with Crippen molar-refractivity contribution in [2.24, 2.45) is 0 Å². The number of rotatable bonds is 4. The van der Waals surface area contributed by atoms with Gasteiger partial charge >= 0.3 is 0 Å². The summed E-state index contributed by atoms with van der Waals surface area (Å²) < 4.78 is 5.35. The predicted molar refractivity (Wildman–Crippen MR) is 93.3 cm³/mol. The van der Waals surface area contributed by atoms with Crippen LogP contribution in [0.1, 0.15) is 30.4 Å². The van der Waals surface area contributed by atoms with Crippen molar-refractivity contribution in [1.29, 1.82) is 0 Å². The summed E-state index contributed by atoms with van der Waals surface area (Å²) >= 11 is 6.13. The van der Waals surface area contributed by atoms with Crippen LogP contribution in [0.5, 0.6) is 5.75 Å². The lowest BCUT2D eigenvalue weighted by Crippen LogP contribution is -2.46. The van der Waals surface area contributed by atoms with E-state index >= 15 is 0 Å². The molecule has 0 aliphatic heterocycles.